The number of hydrogen-bond acceptors (Lipinski definition) is 5. The molecule has 1 aliphatic rings. The van der Waals surface area contributed by atoms with E-state index in [0.717, 1.165) is 16.3 Å². The van der Waals surface area contributed by atoms with Crippen molar-refractivity contribution in [1.82, 2.24) is 9.99 Å². The van der Waals surface area contributed by atoms with Crippen molar-refractivity contribution in [2.45, 2.75) is 32.4 Å². The molecule has 1 aromatic heterocycles. The molecule has 6 heteroatoms. The van der Waals surface area contributed by atoms with Gasteiger partial charge in [0.1, 0.15) is 5.75 Å². The highest BCUT2D eigenvalue weighted by Crippen LogP contribution is 2.35. The van der Waals surface area contributed by atoms with E-state index in [1.807, 2.05) is 38.1 Å². The Labute approximate surface area is 146 Å². The molecule has 0 spiro atoms. The quantitative estimate of drug-likeness (QED) is 0.908. The number of aryl methyl sites for hydroxylation is 1. The summed E-state index contributed by atoms with van der Waals surface area (Å²) >= 11 is 0. The molecule has 0 aliphatic carbocycles. The number of nitrogens with zero attached hydrogens (tertiary/aromatic N) is 3. The maximum Gasteiger partial charge on any atom is 0.283 e. The van der Waals surface area contributed by atoms with Gasteiger partial charge in [-0.15, -0.1) is 0 Å². The van der Waals surface area contributed by atoms with Crippen molar-refractivity contribution >= 4 is 11.6 Å². The third-order valence-corrected chi connectivity index (χ3v) is 4.27. The van der Waals surface area contributed by atoms with Crippen LogP contribution in [0.15, 0.2) is 53.9 Å². The number of amides is 1. The number of aliphatic hydroxyl groups is 1. The van der Waals surface area contributed by atoms with E-state index < -0.39 is 11.6 Å². The zero-order chi connectivity index (χ0) is 17.9. The fourth-order valence-electron chi connectivity index (χ4n) is 2.84. The lowest BCUT2D eigenvalue weighted by molar-refractivity contribution is -0.159. The highest BCUT2D eigenvalue weighted by molar-refractivity contribution is 5.91. The van der Waals surface area contributed by atoms with Gasteiger partial charge in [0.2, 0.25) is 0 Å². The van der Waals surface area contributed by atoms with E-state index >= 15 is 0 Å². The van der Waals surface area contributed by atoms with Gasteiger partial charge in [0.15, 0.2) is 12.3 Å². The fourth-order valence-corrected chi connectivity index (χ4v) is 2.84. The molecule has 0 saturated carbocycles. The molecule has 1 atom stereocenters. The first-order valence-electron chi connectivity index (χ1n) is 8.25. The van der Waals surface area contributed by atoms with Gasteiger partial charge in [-0.1, -0.05) is 25.1 Å². The summed E-state index contributed by atoms with van der Waals surface area (Å²) in [6, 6.07) is 10.9. The van der Waals surface area contributed by atoms with E-state index in [-0.39, 0.29) is 13.0 Å². The molecule has 0 saturated heterocycles. The van der Waals surface area contributed by atoms with Crippen LogP contribution in [0.4, 0.5) is 0 Å². The number of aromatic nitrogens is 1. The normalized spacial score (nSPS) is 19.6. The van der Waals surface area contributed by atoms with Gasteiger partial charge in [0, 0.05) is 30.1 Å². The number of hydrazone groups is 1. The van der Waals surface area contributed by atoms with E-state index in [9.17, 15) is 9.90 Å². The van der Waals surface area contributed by atoms with Gasteiger partial charge in [0.05, 0.1) is 0 Å². The third kappa shape index (κ3) is 3.39. The summed E-state index contributed by atoms with van der Waals surface area (Å²) in [6.45, 7) is 3.67. The second-order valence-corrected chi connectivity index (χ2v) is 6.01. The van der Waals surface area contributed by atoms with Crippen LogP contribution < -0.4 is 4.74 Å². The summed E-state index contributed by atoms with van der Waals surface area (Å²) in [7, 11) is 0. The number of para-hydroxylation sites is 1. The summed E-state index contributed by atoms with van der Waals surface area (Å²) in [5.74, 6) is 0.244. The summed E-state index contributed by atoms with van der Waals surface area (Å²) in [6.07, 6.45) is 4.12. The molecule has 0 radical (unpaired) electrons. The molecule has 130 valence electrons. The zero-order valence-corrected chi connectivity index (χ0v) is 14.3. The predicted molar refractivity (Wildman–Crippen MR) is 94.0 cm³/mol. The second-order valence-electron chi connectivity index (χ2n) is 6.01. The van der Waals surface area contributed by atoms with Crippen LogP contribution in [0.3, 0.4) is 0 Å². The highest BCUT2D eigenvalue weighted by Gasteiger charge is 2.45. The van der Waals surface area contributed by atoms with Gasteiger partial charge in [0.25, 0.3) is 5.91 Å². The number of rotatable bonds is 5. The van der Waals surface area contributed by atoms with Gasteiger partial charge in [-0.3, -0.25) is 9.78 Å². The first kappa shape index (κ1) is 17.1. The Balaban J connectivity index is 1.81. The first-order chi connectivity index (χ1) is 12.0. The average Bonchev–Trinajstić information content (AvgIpc) is 3.00. The molecule has 1 aromatic carbocycles. The molecular weight excluding hydrogens is 318 g/mol. The van der Waals surface area contributed by atoms with Gasteiger partial charge < -0.3 is 9.84 Å². The summed E-state index contributed by atoms with van der Waals surface area (Å²) in [5.41, 5.74) is 0.793. The van der Waals surface area contributed by atoms with Crippen LogP contribution in [-0.4, -0.2) is 33.3 Å². The molecule has 2 aromatic rings. The molecule has 0 fully saturated rings. The largest absolute Gasteiger partial charge is 0.483 e. The van der Waals surface area contributed by atoms with Crippen LogP contribution in [0.1, 0.15) is 30.9 Å². The van der Waals surface area contributed by atoms with Crippen molar-refractivity contribution in [1.29, 1.82) is 0 Å². The van der Waals surface area contributed by atoms with Crippen LogP contribution in [0.2, 0.25) is 0 Å². The highest BCUT2D eigenvalue weighted by atomic mass is 16.5. The lowest BCUT2D eigenvalue weighted by atomic mass is 9.97. The van der Waals surface area contributed by atoms with Crippen molar-refractivity contribution in [3.05, 3.63) is 59.9 Å². The van der Waals surface area contributed by atoms with E-state index in [1.165, 1.54) is 0 Å². The lowest BCUT2D eigenvalue weighted by Gasteiger charge is -2.31. The van der Waals surface area contributed by atoms with Crippen LogP contribution in [-0.2, 0) is 10.5 Å². The maximum atomic E-state index is 12.7. The molecule has 1 amide bonds. The van der Waals surface area contributed by atoms with Crippen LogP contribution in [0.25, 0.3) is 0 Å². The SMILES string of the molecule is CCC1=NN(C(=O)COc2ccccc2C)[C@](O)(c2ccncc2)C1. The van der Waals surface area contributed by atoms with E-state index in [4.69, 9.17) is 4.74 Å². The minimum atomic E-state index is -1.50. The third-order valence-electron chi connectivity index (χ3n) is 4.27. The minimum absolute atomic E-state index is 0.196. The number of pyridine rings is 1. The number of benzene rings is 1. The van der Waals surface area contributed by atoms with Crippen molar-refractivity contribution in [2.24, 2.45) is 5.10 Å². The molecule has 0 bridgehead atoms. The number of ether oxygens (including phenoxy) is 1. The van der Waals surface area contributed by atoms with Crippen LogP contribution in [0, 0.1) is 6.92 Å². The van der Waals surface area contributed by atoms with E-state index in [0.29, 0.717) is 17.7 Å². The van der Waals surface area contributed by atoms with Gasteiger partial charge >= 0.3 is 0 Å². The molecule has 6 nitrogen and oxygen atoms in total. The van der Waals surface area contributed by atoms with Crippen LogP contribution >= 0.6 is 0 Å². The second kappa shape index (κ2) is 7.03. The fraction of sp³-hybridized carbons (Fsp3) is 0.316. The Kier molecular flexibility index (Phi) is 4.81. The lowest BCUT2D eigenvalue weighted by Crippen LogP contribution is -2.45. The van der Waals surface area contributed by atoms with Crippen LogP contribution in [0.5, 0.6) is 5.75 Å². The molecule has 1 aliphatic heterocycles. The molecule has 1 N–H and O–H groups in total. The maximum absolute atomic E-state index is 12.7. The number of hydrogen-bond donors (Lipinski definition) is 1. The monoisotopic (exact) mass is 339 g/mol. The Morgan fingerprint density at radius 2 is 2.00 bits per heavy atom. The Morgan fingerprint density at radius 3 is 2.68 bits per heavy atom. The van der Waals surface area contributed by atoms with Gasteiger partial charge in [-0.05, 0) is 37.1 Å². The molecular formula is C19H21N3O3. The van der Waals surface area contributed by atoms with Crippen molar-refractivity contribution in [2.75, 3.05) is 6.61 Å². The van der Waals surface area contributed by atoms with E-state index in [2.05, 4.69) is 10.1 Å². The molecule has 3 rings (SSSR count). The van der Waals surface area contributed by atoms with Crippen molar-refractivity contribution in [3.63, 3.8) is 0 Å². The Bertz CT molecular complexity index is 792. The molecule has 25 heavy (non-hydrogen) atoms. The number of carbonyl (C=O) groups is 1. The average molecular weight is 339 g/mol. The summed E-state index contributed by atoms with van der Waals surface area (Å²) in [5, 5.41) is 16.6. The van der Waals surface area contributed by atoms with Gasteiger partial charge in [-0.25, -0.2) is 0 Å². The van der Waals surface area contributed by atoms with Gasteiger partial charge in [-0.2, -0.15) is 10.1 Å². The zero-order valence-electron chi connectivity index (χ0n) is 14.3. The van der Waals surface area contributed by atoms with Crippen molar-refractivity contribution < 1.29 is 14.6 Å². The predicted octanol–water partition coefficient (Wildman–Crippen LogP) is 2.61. The topological polar surface area (TPSA) is 75.0 Å². The molecule has 0 unspecified atom stereocenters. The number of carbonyl (C=O) groups excluding carboxylic acids is 1. The standard InChI is InChI=1S/C19H21N3O3/c1-3-16-12-19(24,15-8-10-20-11-9-15)22(21-16)18(23)13-25-17-7-5-4-6-14(17)2/h4-11,24H,3,12-13H2,1-2H3/t19-/m1/s1. The Morgan fingerprint density at radius 1 is 1.28 bits per heavy atom. The summed E-state index contributed by atoms with van der Waals surface area (Å²) < 4.78 is 5.63. The molecule has 2 heterocycles. The minimum Gasteiger partial charge on any atom is -0.483 e. The van der Waals surface area contributed by atoms with E-state index in [1.54, 1.807) is 24.5 Å². The summed E-state index contributed by atoms with van der Waals surface area (Å²) in [4.78, 5) is 16.7. The smallest absolute Gasteiger partial charge is 0.283 e. The Hall–Kier alpha value is -2.73. The van der Waals surface area contributed by atoms with Crippen molar-refractivity contribution in [3.8, 4) is 5.75 Å². The first-order valence-corrected chi connectivity index (χ1v) is 8.25.